The normalized spacial score (nSPS) is 14.3. The van der Waals surface area contributed by atoms with Crippen LogP contribution in [0.1, 0.15) is 26.2 Å². The molecule has 0 heterocycles. The Bertz CT molecular complexity index is 665. The Morgan fingerprint density at radius 3 is 2.52 bits per heavy atom. The molecule has 0 spiro atoms. The van der Waals surface area contributed by atoms with E-state index in [-0.39, 0.29) is 10.6 Å². The second-order valence-electron chi connectivity index (χ2n) is 5.80. The van der Waals surface area contributed by atoms with Gasteiger partial charge in [-0.2, -0.15) is 0 Å². The summed E-state index contributed by atoms with van der Waals surface area (Å²) < 4.78 is 0. The first-order chi connectivity index (χ1) is 10.2. The van der Waals surface area contributed by atoms with Crippen molar-refractivity contribution in [1.29, 1.82) is 0 Å². The van der Waals surface area contributed by atoms with Gasteiger partial charge in [-0.05, 0) is 37.3 Å². The zero-order valence-electron chi connectivity index (χ0n) is 12.3. The standard InChI is InChI=1S/C17H20N2O2/c1-2-11-18(12-13-7-8-13)16-9-10-17(19(20)21)15-6-4-3-5-14(15)16/h3-6,9-10,13H,2,7-8,11-12H2,1H3. The van der Waals surface area contributed by atoms with E-state index < -0.39 is 0 Å². The summed E-state index contributed by atoms with van der Waals surface area (Å²) in [5.74, 6) is 0.797. The van der Waals surface area contributed by atoms with E-state index in [1.165, 1.54) is 12.8 Å². The minimum Gasteiger partial charge on any atom is -0.371 e. The zero-order valence-corrected chi connectivity index (χ0v) is 12.3. The molecule has 0 amide bonds. The Balaban J connectivity index is 2.08. The maximum absolute atomic E-state index is 11.2. The number of hydrogen-bond acceptors (Lipinski definition) is 3. The van der Waals surface area contributed by atoms with Crippen molar-refractivity contribution in [3.05, 3.63) is 46.5 Å². The van der Waals surface area contributed by atoms with Gasteiger partial charge in [0.1, 0.15) is 0 Å². The Hall–Kier alpha value is -2.10. The lowest BCUT2D eigenvalue weighted by atomic mass is 10.1. The van der Waals surface area contributed by atoms with Crippen LogP contribution in [-0.4, -0.2) is 18.0 Å². The van der Waals surface area contributed by atoms with Crippen molar-refractivity contribution >= 4 is 22.1 Å². The fourth-order valence-corrected chi connectivity index (χ4v) is 2.89. The van der Waals surface area contributed by atoms with Crippen LogP contribution in [-0.2, 0) is 0 Å². The van der Waals surface area contributed by atoms with Crippen LogP contribution in [0.15, 0.2) is 36.4 Å². The van der Waals surface area contributed by atoms with Crippen LogP contribution in [0.3, 0.4) is 0 Å². The van der Waals surface area contributed by atoms with E-state index in [0.717, 1.165) is 41.9 Å². The lowest BCUT2D eigenvalue weighted by Gasteiger charge is -2.25. The first kappa shape index (κ1) is 13.9. The minimum absolute atomic E-state index is 0.192. The minimum atomic E-state index is -0.294. The highest BCUT2D eigenvalue weighted by molar-refractivity contribution is 6.00. The number of rotatable bonds is 6. The van der Waals surface area contributed by atoms with Crippen LogP contribution >= 0.6 is 0 Å². The van der Waals surface area contributed by atoms with Crippen molar-refractivity contribution in [2.24, 2.45) is 5.92 Å². The van der Waals surface area contributed by atoms with Crippen LogP contribution in [0.5, 0.6) is 0 Å². The summed E-state index contributed by atoms with van der Waals surface area (Å²) >= 11 is 0. The summed E-state index contributed by atoms with van der Waals surface area (Å²) in [6, 6.07) is 11.2. The molecule has 0 N–H and O–H groups in total. The first-order valence-corrected chi connectivity index (χ1v) is 7.61. The highest BCUT2D eigenvalue weighted by Gasteiger charge is 2.25. The summed E-state index contributed by atoms with van der Waals surface area (Å²) in [5.41, 5.74) is 1.32. The van der Waals surface area contributed by atoms with Gasteiger partial charge in [-0.25, -0.2) is 0 Å². The molecule has 4 heteroatoms. The summed E-state index contributed by atoms with van der Waals surface area (Å²) in [5, 5.41) is 12.9. The molecule has 0 aromatic heterocycles. The highest BCUT2D eigenvalue weighted by atomic mass is 16.6. The van der Waals surface area contributed by atoms with Crippen LogP contribution in [0.25, 0.3) is 10.8 Å². The van der Waals surface area contributed by atoms with Crippen molar-refractivity contribution in [3.63, 3.8) is 0 Å². The van der Waals surface area contributed by atoms with Crippen molar-refractivity contribution in [1.82, 2.24) is 0 Å². The van der Waals surface area contributed by atoms with Gasteiger partial charge < -0.3 is 4.90 Å². The van der Waals surface area contributed by atoms with Gasteiger partial charge in [-0.15, -0.1) is 0 Å². The first-order valence-electron chi connectivity index (χ1n) is 7.61. The molecular weight excluding hydrogens is 264 g/mol. The Kier molecular flexibility index (Phi) is 3.78. The lowest BCUT2D eigenvalue weighted by molar-refractivity contribution is -0.383. The van der Waals surface area contributed by atoms with E-state index in [1.807, 2.05) is 30.3 Å². The van der Waals surface area contributed by atoms with E-state index in [2.05, 4.69) is 11.8 Å². The number of non-ortho nitro benzene ring substituents is 1. The van der Waals surface area contributed by atoms with Gasteiger partial charge in [-0.1, -0.05) is 25.1 Å². The molecule has 0 radical (unpaired) electrons. The predicted molar refractivity (Wildman–Crippen MR) is 85.8 cm³/mol. The number of anilines is 1. The quantitative estimate of drug-likeness (QED) is 0.584. The van der Waals surface area contributed by atoms with E-state index in [0.29, 0.717) is 0 Å². The second kappa shape index (κ2) is 5.72. The predicted octanol–water partition coefficient (Wildman–Crippen LogP) is 4.37. The maximum Gasteiger partial charge on any atom is 0.277 e. The molecule has 110 valence electrons. The van der Waals surface area contributed by atoms with E-state index in [9.17, 15) is 10.1 Å². The smallest absolute Gasteiger partial charge is 0.277 e. The number of fused-ring (bicyclic) bond motifs is 1. The number of benzene rings is 2. The summed E-state index contributed by atoms with van der Waals surface area (Å²) in [4.78, 5) is 13.3. The molecule has 1 aliphatic rings. The third kappa shape index (κ3) is 2.84. The Morgan fingerprint density at radius 1 is 1.19 bits per heavy atom. The summed E-state index contributed by atoms with van der Waals surface area (Å²) in [6.07, 6.45) is 3.70. The van der Waals surface area contributed by atoms with Crippen LogP contribution < -0.4 is 4.90 Å². The van der Waals surface area contributed by atoms with Gasteiger partial charge in [0.15, 0.2) is 0 Å². The van der Waals surface area contributed by atoms with Gasteiger partial charge in [0.05, 0.1) is 10.3 Å². The molecule has 1 saturated carbocycles. The van der Waals surface area contributed by atoms with Gasteiger partial charge in [0.2, 0.25) is 0 Å². The largest absolute Gasteiger partial charge is 0.371 e. The third-order valence-electron chi connectivity index (χ3n) is 4.08. The average molecular weight is 284 g/mol. The van der Waals surface area contributed by atoms with E-state index >= 15 is 0 Å². The molecular formula is C17H20N2O2. The van der Waals surface area contributed by atoms with Crippen molar-refractivity contribution in [3.8, 4) is 0 Å². The van der Waals surface area contributed by atoms with Gasteiger partial charge in [-0.3, -0.25) is 10.1 Å². The van der Waals surface area contributed by atoms with Crippen molar-refractivity contribution < 1.29 is 4.92 Å². The van der Waals surface area contributed by atoms with Gasteiger partial charge in [0, 0.05) is 30.2 Å². The monoisotopic (exact) mass is 284 g/mol. The molecule has 0 unspecified atom stereocenters. The molecule has 0 atom stereocenters. The fraction of sp³-hybridized carbons (Fsp3) is 0.412. The number of nitro groups is 1. The lowest BCUT2D eigenvalue weighted by Crippen LogP contribution is -2.26. The second-order valence-corrected chi connectivity index (χ2v) is 5.80. The topological polar surface area (TPSA) is 46.4 Å². The molecule has 1 aliphatic carbocycles. The molecule has 1 fully saturated rings. The highest BCUT2D eigenvalue weighted by Crippen LogP contribution is 2.36. The zero-order chi connectivity index (χ0) is 14.8. The molecule has 0 aliphatic heterocycles. The number of nitrogens with zero attached hydrogens (tertiary/aromatic N) is 2. The van der Waals surface area contributed by atoms with Crippen molar-refractivity contribution in [2.75, 3.05) is 18.0 Å². The number of hydrogen-bond donors (Lipinski definition) is 0. The van der Waals surface area contributed by atoms with Crippen molar-refractivity contribution in [2.45, 2.75) is 26.2 Å². The molecule has 0 bridgehead atoms. The fourth-order valence-electron chi connectivity index (χ4n) is 2.89. The third-order valence-corrected chi connectivity index (χ3v) is 4.08. The van der Waals surface area contributed by atoms with Gasteiger partial charge >= 0.3 is 0 Å². The molecule has 3 rings (SSSR count). The molecule has 4 nitrogen and oxygen atoms in total. The number of nitro benzene ring substituents is 1. The molecule has 21 heavy (non-hydrogen) atoms. The van der Waals surface area contributed by atoms with Crippen LogP contribution in [0, 0.1) is 16.0 Å². The Morgan fingerprint density at radius 2 is 1.90 bits per heavy atom. The van der Waals surface area contributed by atoms with E-state index in [4.69, 9.17) is 0 Å². The maximum atomic E-state index is 11.2. The molecule has 2 aromatic carbocycles. The Labute approximate surface area is 124 Å². The molecule has 2 aromatic rings. The average Bonchev–Trinajstić information content (AvgIpc) is 3.29. The summed E-state index contributed by atoms with van der Waals surface area (Å²) in [7, 11) is 0. The van der Waals surface area contributed by atoms with Crippen LogP contribution in [0.2, 0.25) is 0 Å². The van der Waals surface area contributed by atoms with Gasteiger partial charge in [0.25, 0.3) is 5.69 Å². The molecule has 0 saturated heterocycles. The summed E-state index contributed by atoms with van der Waals surface area (Å²) in [6.45, 7) is 4.24. The van der Waals surface area contributed by atoms with E-state index in [1.54, 1.807) is 6.07 Å². The van der Waals surface area contributed by atoms with Crippen LogP contribution in [0.4, 0.5) is 11.4 Å². The SMILES string of the molecule is CCCN(CC1CC1)c1ccc([N+](=O)[O-])c2ccccc12.